The third kappa shape index (κ3) is 21.4. The molecule has 17 rings (SSSR count). The number of carboxylic acid groups (broad SMARTS) is 1. The van der Waals surface area contributed by atoms with Crippen molar-refractivity contribution in [3.63, 3.8) is 0 Å². The number of ketones is 3. The normalized spacial score (nSPS) is 19.2. The van der Waals surface area contributed by atoms with Crippen LogP contribution in [0.1, 0.15) is 238 Å². The summed E-state index contributed by atoms with van der Waals surface area (Å²) in [6.07, 6.45) is 28.4. The number of nitrogens with zero attached hydrogens (tertiary/aromatic N) is 18. The van der Waals surface area contributed by atoms with E-state index in [4.69, 9.17) is 51.0 Å². The zero-order valence-corrected chi connectivity index (χ0v) is 78.3. The van der Waals surface area contributed by atoms with Gasteiger partial charge in [0.25, 0.3) is 0 Å². The molecule has 0 spiro atoms. The van der Waals surface area contributed by atoms with Gasteiger partial charge in [-0.1, -0.05) is 40.6 Å². The molecule has 0 aliphatic heterocycles. The molecule has 134 heavy (non-hydrogen) atoms. The quantitative estimate of drug-likeness (QED) is 0.0213. The van der Waals surface area contributed by atoms with Gasteiger partial charge in [-0.3, -0.25) is 48.7 Å². The van der Waals surface area contributed by atoms with Crippen LogP contribution in [0, 0.1) is 50.9 Å². The van der Waals surface area contributed by atoms with Gasteiger partial charge in [-0.15, -0.1) is 0 Å². The van der Waals surface area contributed by atoms with Crippen LogP contribution in [0.3, 0.4) is 0 Å². The van der Waals surface area contributed by atoms with E-state index in [1.807, 2.05) is 107 Å². The number of pyridine rings is 4. The van der Waals surface area contributed by atoms with E-state index in [1.54, 1.807) is 89.3 Å². The molecule has 14 aromatic rings. The van der Waals surface area contributed by atoms with Gasteiger partial charge >= 0.3 is 12.5 Å². The number of benzene rings is 1. The standard InChI is InChI=1S/C29H29N5O2.C25H26FN5O3.C23H29F3N6O.C23H29FN6O/c1-17-26(19(3)36-33-17)25-15-31-27-23(21-10-12-22(13-11-21)29(5,6)20(4)35)16-34(28(27)32-25)18(2)24-9-7-8-14-30-24;1-14-21(15(2)34-30-14)19-12-28-23-22(29-19)18(10-16-6-8-25(3,26)9-7-16)13-31(23)20-5-4-17(11-27-20)24(32)33;1-13(27)19(14(2)33)16-8-18(29-9-15-4-6-23(3,26)7-5-15)21(30-10-16)20(28)17-11-31-32(12-17)22(24)25;1-14(25)20(15(2)31)17-9-19-22(26-10-17)21(18-11-27-29(4)13-18)28-30(19)12-16-5-7-23(3,24)8-6-16/h7-16,18H,1-6H3;4-5,11-13,16H,6-10H2,1-3H3,(H,32,33);8,10-12,15,22,28-29H,4-7,9,27H2,1-3H3;9-11,13,16H,5-8,12,25H2,1-4H3/t18-;;;/m0.../s1. The molecule has 34 heteroatoms. The van der Waals surface area contributed by atoms with E-state index in [0.717, 1.165) is 146 Å². The number of fused-ring (bicyclic) bond motifs is 3. The van der Waals surface area contributed by atoms with Crippen LogP contribution < -0.4 is 16.8 Å². The first-order valence-corrected chi connectivity index (χ1v) is 44.9. The minimum absolute atomic E-state index is 0.0624. The number of carbonyl (C=O) groups is 4. The van der Waals surface area contributed by atoms with Gasteiger partial charge in [-0.25, -0.2) is 47.6 Å². The summed E-state index contributed by atoms with van der Waals surface area (Å²) >= 11 is 0. The van der Waals surface area contributed by atoms with Gasteiger partial charge in [0.2, 0.25) is 0 Å². The highest BCUT2D eigenvalue weighted by atomic mass is 19.3. The lowest BCUT2D eigenvalue weighted by molar-refractivity contribution is -0.121. The molecule has 0 amide bonds. The highest BCUT2D eigenvalue weighted by Crippen LogP contribution is 2.43. The predicted octanol–water partition coefficient (Wildman–Crippen LogP) is 20.2. The molecule has 7 N–H and O–H groups in total. The number of aryl methyl sites for hydroxylation is 5. The van der Waals surface area contributed by atoms with Crippen molar-refractivity contribution in [2.75, 3.05) is 11.9 Å². The van der Waals surface area contributed by atoms with E-state index >= 15 is 0 Å². The molecule has 0 radical (unpaired) electrons. The number of Topliss-reactive ketones (excluding diaryl/α,β-unsaturated/α-hetero) is 3. The van der Waals surface area contributed by atoms with E-state index in [2.05, 4.69) is 75.6 Å². The Labute approximate surface area is 772 Å². The first-order chi connectivity index (χ1) is 63.5. The third-order valence-electron chi connectivity index (χ3n) is 26.1. The lowest BCUT2D eigenvalue weighted by Gasteiger charge is -2.31. The number of aromatic carboxylic acids is 1. The Morgan fingerprint density at radius 1 is 0.612 bits per heavy atom. The van der Waals surface area contributed by atoms with Crippen LogP contribution in [0.25, 0.3) is 95.2 Å². The van der Waals surface area contributed by atoms with Gasteiger partial charge in [0, 0.05) is 125 Å². The van der Waals surface area contributed by atoms with Crippen molar-refractivity contribution in [1.29, 1.82) is 5.41 Å². The Morgan fingerprint density at radius 3 is 1.72 bits per heavy atom. The zero-order chi connectivity index (χ0) is 96.3. The van der Waals surface area contributed by atoms with Crippen molar-refractivity contribution in [3.8, 4) is 50.7 Å². The number of aromatic nitrogens is 18. The Morgan fingerprint density at radius 2 is 1.19 bits per heavy atom. The number of rotatable bonds is 24. The summed E-state index contributed by atoms with van der Waals surface area (Å²) in [5.41, 5.74) is 27.4. The molecule has 3 aliphatic rings. The molecule has 1 atom stereocenters. The van der Waals surface area contributed by atoms with Gasteiger partial charge in [0.15, 0.2) is 22.9 Å². The average molecular weight is 1830 g/mol. The van der Waals surface area contributed by atoms with Crippen LogP contribution in [-0.4, -0.2) is 146 Å². The maximum absolute atomic E-state index is 14.3. The molecule has 0 saturated heterocycles. The molecule has 3 fully saturated rings. The van der Waals surface area contributed by atoms with Gasteiger partial charge < -0.3 is 35.5 Å². The molecule has 3 saturated carbocycles. The number of nitrogens with one attached hydrogen (secondary N) is 2. The van der Waals surface area contributed by atoms with Crippen LogP contribution in [0.2, 0.25) is 0 Å². The summed E-state index contributed by atoms with van der Waals surface area (Å²) < 4.78 is 87.4. The zero-order valence-electron chi connectivity index (χ0n) is 78.3. The lowest BCUT2D eigenvalue weighted by Crippen LogP contribution is -2.29. The van der Waals surface area contributed by atoms with Crippen LogP contribution in [0.4, 0.5) is 27.6 Å². The highest BCUT2D eigenvalue weighted by Gasteiger charge is 2.36. The van der Waals surface area contributed by atoms with E-state index in [0.29, 0.717) is 136 Å². The second kappa shape index (κ2) is 39.5. The molecule has 29 nitrogen and oxygen atoms in total. The minimum atomic E-state index is -2.82. The van der Waals surface area contributed by atoms with E-state index in [9.17, 15) is 46.2 Å². The summed E-state index contributed by atoms with van der Waals surface area (Å²) in [7, 11) is 1.86. The Bertz CT molecular complexity index is 6710. The first-order valence-electron chi connectivity index (χ1n) is 44.9. The second-order valence-electron chi connectivity index (χ2n) is 37.0. The maximum Gasteiger partial charge on any atom is 0.337 e. The monoisotopic (exact) mass is 1830 g/mol. The fourth-order valence-corrected chi connectivity index (χ4v) is 17.9. The Kier molecular flexibility index (Phi) is 28.3. The van der Waals surface area contributed by atoms with Crippen LogP contribution >= 0.6 is 0 Å². The van der Waals surface area contributed by atoms with Crippen molar-refractivity contribution < 1.29 is 55.3 Å². The summed E-state index contributed by atoms with van der Waals surface area (Å²) in [6.45, 7) is 24.8. The van der Waals surface area contributed by atoms with Gasteiger partial charge in [0.05, 0.1) is 92.9 Å². The van der Waals surface area contributed by atoms with Crippen molar-refractivity contribution >= 4 is 79.2 Å². The third-order valence-corrected chi connectivity index (χ3v) is 26.1. The van der Waals surface area contributed by atoms with E-state index < -0.39 is 34.9 Å². The van der Waals surface area contributed by atoms with E-state index in [1.165, 1.54) is 38.5 Å². The largest absolute Gasteiger partial charge is 0.478 e. The van der Waals surface area contributed by atoms with Gasteiger partial charge in [-0.05, 0) is 258 Å². The fraction of sp³-hybridized carbons (Fsp3) is 0.400. The molecule has 3 aliphatic carbocycles. The number of halogens is 5. The van der Waals surface area contributed by atoms with E-state index in [-0.39, 0.29) is 51.8 Å². The number of allylic oxidation sites excluding steroid dienone is 4. The van der Waals surface area contributed by atoms with Crippen LogP contribution in [-0.2, 0) is 39.8 Å². The van der Waals surface area contributed by atoms with Crippen molar-refractivity contribution in [2.24, 2.45) is 36.3 Å². The first kappa shape index (κ1) is 96.1. The van der Waals surface area contributed by atoms with Crippen molar-refractivity contribution in [3.05, 3.63) is 220 Å². The average Bonchev–Trinajstić information content (AvgIpc) is 1.64. The maximum atomic E-state index is 14.3. The smallest absolute Gasteiger partial charge is 0.337 e. The fourth-order valence-electron chi connectivity index (χ4n) is 17.9. The number of hydrogen-bond acceptors (Lipinski definition) is 23. The predicted molar refractivity (Wildman–Crippen MR) is 503 cm³/mol. The number of alkyl halides is 5. The molecule has 700 valence electrons. The summed E-state index contributed by atoms with van der Waals surface area (Å²) in [4.78, 5) is 85.2. The highest BCUT2D eigenvalue weighted by molar-refractivity contribution is 6.21. The summed E-state index contributed by atoms with van der Waals surface area (Å²) in [5.74, 6) is 1.65. The Balaban J connectivity index is 0.000000144. The number of carboxylic acids is 1. The van der Waals surface area contributed by atoms with Gasteiger partial charge in [0.1, 0.15) is 68.1 Å². The SMILES string of the molecule is CC(=O)C(=C(C)N)c1cnc(C(=N)c2cnn(C(F)F)c2)c(NCC2CCC(C)(F)CC2)c1.CC(=O)C(=C(C)N)c1cnc2c(-c3cnn(C)c3)nn(CC3CCC(C)(F)CC3)c2c1.CC(=O)C(C)(C)c1ccc(-c2cn([C@@H](C)c3ccccn3)c3nc(-c4c(C)noc4C)cnc23)cc1.Cc1noc(C)c1-c1cnc2c(n1)c(CC1CCC(C)(F)CC1)cn2-c1ccc(C(=O)O)cn1. The molecule has 13 heterocycles. The number of carbonyl (C=O) groups excluding carboxylic acids is 3. The van der Waals surface area contributed by atoms with Gasteiger partial charge in [-0.2, -0.15) is 24.1 Å². The summed E-state index contributed by atoms with van der Waals surface area (Å²) in [6, 6.07) is 20.8. The summed E-state index contributed by atoms with van der Waals surface area (Å²) in [5, 5.41) is 41.9. The molecular weight excluding hydrogens is 1720 g/mol. The van der Waals surface area contributed by atoms with Crippen molar-refractivity contribution in [2.45, 2.75) is 229 Å². The molecule has 1 aromatic carbocycles. The van der Waals surface area contributed by atoms with Crippen molar-refractivity contribution in [1.82, 2.24) is 88.7 Å². The molecular formula is C100H113F5N22O7. The Hall–Kier alpha value is -14.0. The minimum Gasteiger partial charge on any atom is -0.478 e. The molecule has 0 unspecified atom stereocenters. The van der Waals surface area contributed by atoms with Crippen LogP contribution in [0.15, 0.2) is 162 Å². The molecule has 13 aromatic heterocycles. The van der Waals surface area contributed by atoms with Crippen LogP contribution in [0.5, 0.6) is 0 Å². The number of nitrogens with two attached hydrogens (primary N) is 2. The number of hydrogen-bond donors (Lipinski definition) is 5. The topological polar surface area (TPSA) is 395 Å². The lowest BCUT2D eigenvalue weighted by atomic mass is 9.78. The number of anilines is 1. The second-order valence-corrected chi connectivity index (χ2v) is 37.0. The molecule has 0 bridgehead atoms.